The van der Waals surface area contributed by atoms with E-state index in [2.05, 4.69) is 67.5 Å². The van der Waals surface area contributed by atoms with Gasteiger partial charge >= 0.3 is 0 Å². The van der Waals surface area contributed by atoms with Crippen molar-refractivity contribution in [3.8, 4) is 0 Å². The van der Waals surface area contributed by atoms with Gasteiger partial charge in [0.15, 0.2) is 5.16 Å². The molecule has 2 aliphatic rings. The Morgan fingerprint density at radius 2 is 1.76 bits per heavy atom. The molecule has 0 bridgehead atoms. The molecular weight excluding hydrogens is 462 g/mol. The van der Waals surface area contributed by atoms with Crippen LogP contribution in [0.5, 0.6) is 0 Å². The fraction of sp³-hybridized carbons (Fsp3) is 0.500. The van der Waals surface area contributed by atoms with Crippen LogP contribution >= 0.6 is 23.1 Å². The van der Waals surface area contributed by atoms with Crippen molar-refractivity contribution in [2.45, 2.75) is 56.3 Å². The second-order valence-corrected chi connectivity index (χ2v) is 11.2. The molecule has 180 valence electrons. The number of carbonyl (C=O) groups is 1. The van der Waals surface area contributed by atoms with Crippen LogP contribution in [0.2, 0.25) is 0 Å². The SMILES string of the molecule is O=C(CSc1nnc(Cc2cccs2)n1C1CCCCC1)N1CCN(Cc2ccccc2)CC1. The Balaban J connectivity index is 1.18. The van der Waals surface area contributed by atoms with E-state index in [-0.39, 0.29) is 5.91 Å². The molecule has 2 fully saturated rings. The van der Waals surface area contributed by atoms with Crippen LogP contribution in [0, 0.1) is 0 Å². The number of hydrogen-bond donors (Lipinski definition) is 0. The molecule has 2 aromatic heterocycles. The van der Waals surface area contributed by atoms with Gasteiger partial charge in [0, 0.05) is 50.1 Å². The van der Waals surface area contributed by atoms with Crippen molar-refractivity contribution in [1.29, 1.82) is 0 Å². The fourth-order valence-corrected chi connectivity index (χ4v) is 6.64. The Labute approximate surface area is 210 Å². The molecule has 1 aliphatic carbocycles. The van der Waals surface area contributed by atoms with Gasteiger partial charge in [-0.25, -0.2) is 0 Å². The number of rotatable bonds is 8. The highest BCUT2D eigenvalue weighted by molar-refractivity contribution is 7.99. The third-order valence-corrected chi connectivity index (χ3v) is 8.69. The minimum Gasteiger partial charge on any atom is -0.339 e. The van der Waals surface area contributed by atoms with Crippen LogP contribution in [0.4, 0.5) is 0 Å². The van der Waals surface area contributed by atoms with Gasteiger partial charge in [0.25, 0.3) is 0 Å². The molecule has 1 amide bonds. The van der Waals surface area contributed by atoms with E-state index in [0.29, 0.717) is 11.8 Å². The maximum Gasteiger partial charge on any atom is 0.233 e. The summed E-state index contributed by atoms with van der Waals surface area (Å²) in [6.45, 7) is 4.40. The quantitative estimate of drug-likeness (QED) is 0.417. The lowest BCUT2D eigenvalue weighted by molar-refractivity contribution is -0.130. The lowest BCUT2D eigenvalue weighted by atomic mass is 9.95. The van der Waals surface area contributed by atoms with Gasteiger partial charge in [-0.3, -0.25) is 9.69 Å². The summed E-state index contributed by atoms with van der Waals surface area (Å²) in [4.78, 5) is 18.8. The summed E-state index contributed by atoms with van der Waals surface area (Å²) in [7, 11) is 0. The van der Waals surface area contributed by atoms with Gasteiger partial charge in [-0.15, -0.1) is 21.5 Å². The normalized spacial score (nSPS) is 17.8. The molecule has 1 saturated carbocycles. The zero-order valence-corrected chi connectivity index (χ0v) is 21.3. The molecule has 34 heavy (non-hydrogen) atoms. The number of aromatic nitrogens is 3. The standard InChI is InChI=1S/C26H33N5OS2/c32-25(30-15-13-29(14-16-30)19-21-8-3-1-4-9-21)20-34-26-28-27-24(18-23-12-7-17-33-23)31(26)22-10-5-2-6-11-22/h1,3-4,7-9,12,17,22H,2,5-6,10-11,13-16,18-20H2. The fourth-order valence-electron chi connectivity index (χ4n) is 5.02. The second kappa shape index (κ2) is 11.5. The van der Waals surface area contributed by atoms with Crippen molar-refractivity contribution in [1.82, 2.24) is 24.6 Å². The molecule has 0 spiro atoms. The van der Waals surface area contributed by atoms with Crippen molar-refractivity contribution in [2.75, 3.05) is 31.9 Å². The Bertz CT molecular complexity index is 1040. The molecule has 3 heterocycles. The van der Waals surface area contributed by atoms with Crippen LogP contribution in [0.3, 0.4) is 0 Å². The second-order valence-electron chi connectivity index (χ2n) is 9.25. The minimum absolute atomic E-state index is 0.211. The van der Waals surface area contributed by atoms with Crippen molar-refractivity contribution >= 4 is 29.0 Å². The molecule has 5 rings (SSSR count). The Hall–Kier alpha value is -2.16. The third-order valence-electron chi connectivity index (χ3n) is 6.89. The van der Waals surface area contributed by atoms with E-state index in [1.807, 2.05) is 4.90 Å². The molecule has 1 aromatic carbocycles. The zero-order valence-electron chi connectivity index (χ0n) is 19.6. The smallest absolute Gasteiger partial charge is 0.233 e. The number of amides is 1. The minimum atomic E-state index is 0.211. The molecule has 0 radical (unpaired) electrons. The van der Waals surface area contributed by atoms with Crippen LogP contribution < -0.4 is 0 Å². The molecule has 3 aromatic rings. The predicted molar refractivity (Wildman–Crippen MR) is 138 cm³/mol. The monoisotopic (exact) mass is 495 g/mol. The Kier molecular flexibility index (Phi) is 7.98. The highest BCUT2D eigenvalue weighted by Crippen LogP contribution is 2.33. The molecule has 0 N–H and O–H groups in total. The Morgan fingerprint density at radius 3 is 2.50 bits per heavy atom. The number of carbonyl (C=O) groups excluding carboxylic acids is 1. The first-order valence-electron chi connectivity index (χ1n) is 12.4. The molecule has 6 nitrogen and oxygen atoms in total. The van der Waals surface area contributed by atoms with Crippen molar-refractivity contribution < 1.29 is 4.79 Å². The van der Waals surface area contributed by atoms with E-state index in [4.69, 9.17) is 0 Å². The number of nitrogens with zero attached hydrogens (tertiary/aromatic N) is 5. The Morgan fingerprint density at radius 1 is 0.971 bits per heavy atom. The van der Waals surface area contributed by atoms with Crippen molar-refractivity contribution in [3.63, 3.8) is 0 Å². The van der Waals surface area contributed by atoms with Gasteiger partial charge < -0.3 is 9.47 Å². The molecular formula is C26H33N5OS2. The first-order chi connectivity index (χ1) is 16.8. The van der Waals surface area contributed by atoms with Crippen LogP contribution in [0.25, 0.3) is 0 Å². The average molecular weight is 496 g/mol. The summed E-state index contributed by atoms with van der Waals surface area (Å²) in [5.41, 5.74) is 1.33. The maximum absolute atomic E-state index is 13.0. The van der Waals surface area contributed by atoms with Gasteiger partial charge in [0.1, 0.15) is 5.82 Å². The van der Waals surface area contributed by atoms with E-state index in [1.165, 1.54) is 42.5 Å². The number of thiophene rings is 1. The largest absolute Gasteiger partial charge is 0.339 e. The first-order valence-corrected chi connectivity index (χ1v) is 14.3. The predicted octanol–water partition coefficient (Wildman–Crippen LogP) is 4.87. The number of piperazine rings is 1. The third kappa shape index (κ3) is 5.90. The van der Waals surface area contributed by atoms with Crippen LogP contribution in [-0.2, 0) is 17.8 Å². The lowest BCUT2D eigenvalue weighted by Crippen LogP contribution is -2.48. The molecule has 1 aliphatic heterocycles. The summed E-state index contributed by atoms with van der Waals surface area (Å²) in [6, 6.07) is 15.3. The topological polar surface area (TPSA) is 54.3 Å². The molecule has 0 atom stereocenters. The summed E-state index contributed by atoms with van der Waals surface area (Å²) in [5, 5.41) is 12.2. The molecule has 1 saturated heterocycles. The number of benzene rings is 1. The lowest BCUT2D eigenvalue weighted by Gasteiger charge is -2.34. The summed E-state index contributed by atoms with van der Waals surface area (Å²) in [5.74, 6) is 1.68. The van der Waals surface area contributed by atoms with Gasteiger partial charge in [-0.05, 0) is 29.9 Å². The number of hydrogen-bond acceptors (Lipinski definition) is 6. The van der Waals surface area contributed by atoms with Gasteiger partial charge in [0.2, 0.25) is 5.91 Å². The van der Waals surface area contributed by atoms with Gasteiger partial charge in [-0.1, -0.05) is 67.4 Å². The van der Waals surface area contributed by atoms with E-state index in [0.717, 1.165) is 50.1 Å². The van der Waals surface area contributed by atoms with E-state index >= 15 is 0 Å². The van der Waals surface area contributed by atoms with E-state index in [9.17, 15) is 4.79 Å². The van der Waals surface area contributed by atoms with E-state index < -0.39 is 0 Å². The average Bonchev–Trinajstić information content (AvgIpc) is 3.54. The summed E-state index contributed by atoms with van der Waals surface area (Å²) in [6.07, 6.45) is 7.02. The van der Waals surface area contributed by atoms with Gasteiger partial charge in [0.05, 0.1) is 5.75 Å². The van der Waals surface area contributed by atoms with Crippen molar-refractivity contribution in [3.05, 3.63) is 64.1 Å². The van der Waals surface area contributed by atoms with Crippen LogP contribution in [0.15, 0.2) is 53.0 Å². The highest BCUT2D eigenvalue weighted by atomic mass is 32.2. The number of thioether (sulfide) groups is 1. The highest BCUT2D eigenvalue weighted by Gasteiger charge is 2.25. The zero-order chi connectivity index (χ0) is 23.2. The van der Waals surface area contributed by atoms with E-state index in [1.54, 1.807) is 23.1 Å². The van der Waals surface area contributed by atoms with Gasteiger partial charge in [-0.2, -0.15) is 0 Å². The molecule has 8 heteroatoms. The summed E-state index contributed by atoms with van der Waals surface area (Å²) >= 11 is 3.33. The van der Waals surface area contributed by atoms with Crippen molar-refractivity contribution in [2.24, 2.45) is 0 Å². The van der Waals surface area contributed by atoms with Crippen LogP contribution in [0.1, 0.15) is 54.4 Å². The van der Waals surface area contributed by atoms with Crippen LogP contribution in [-0.4, -0.2) is 62.4 Å². The first kappa shape index (κ1) is 23.6. The summed E-state index contributed by atoms with van der Waals surface area (Å²) < 4.78 is 2.36. The molecule has 0 unspecified atom stereocenters. The maximum atomic E-state index is 13.0.